The van der Waals surface area contributed by atoms with E-state index in [4.69, 9.17) is 4.74 Å². The molecule has 0 unspecified atom stereocenters. The number of aryl methyl sites for hydroxylation is 2. The average molecular weight is 268 g/mol. The summed E-state index contributed by atoms with van der Waals surface area (Å²) >= 11 is 0. The lowest BCUT2D eigenvalue weighted by Crippen LogP contribution is -2.26. The molecule has 0 aliphatic heterocycles. The van der Waals surface area contributed by atoms with Crippen molar-refractivity contribution >= 4 is 5.82 Å². The van der Waals surface area contributed by atoms with Gasteiger partial charge in [0.05, 0.1) is 12.3 Å². The van der Waals surface area contributed by atoms with E-state index in [1.807, 2.05) is 18.7 Å². The van der Waals surface area contributed by atoms with Crippen LogP contribution in [0.2, 0.25) is 0 Å². The van der Waals surface area contributed by atoms with Crippen LogP contribution in [0.4, 0.5) is 5.82 Å². The van der Waals surface area contributed by atoms with Crippen LogP contribution >= 0.6 is 0 Å². The maximum absolute atomic E-state index is 5.42. The van der Waals surface area contributed by atoms with Gasteiger partial charge in [0.1, 0.15) is 5.82 Å². The van der Waals surface area contributed by atoms with Gasteiger partial charge in [0.2, 0.25) is 0 Å². The van der Waals surface area contributed by atoms with Crippen LogP contribution in [0.1, 0.15) is 31.5 Å². The Morgan fingerprint density at radius 1 is 1.37 bits per heavy atom. The maximum Gasteiger partial charge on any atom is 0.131 e. The predicted molar refractivity (Wildman–Crippen MR) is 79.7 cm³/mol. The predicted octanol–water partition coefficient (Wildman–Crippen LogP) is 1.70. The second-order valence-electron chi connectivity index (χ2n) is 4.81. The van der Waals surface area contributed by atoms with E-state index >= 15 is 0 Å². The smallest absolute Gasteiger partial charge is 0.131 e. The minimum atomic E-state index is 0.749. The van der Waals surface area contributed by atoms with E-state index in [1.165, 1.54) is 11.4 Å². The van der Waals surface area contributed by atoms with Gasteiger partial charge in [-0.15, -0.1) is 0 Å². The van der Waals surface area contributed by atoms with E-state index in [9.17, 15) is 0 Å². The van der Waals surface area contributed by atoms with Gasteiger partial charge < -0.3 is 15.0 Å². The van der Waals surface area contributed by atoms with Gasteiger partial charge in [-0.05, 0) is 26.8 Å². The van der Waals surface area contributed by atoms with Crippen LogP contribution in [0.15, 0.2) is 0 Å². The van der Waals surface area contributed by atoms with Crippen molar-refractivity contribution in [1.82, 2.24) is 15.1 Å². The van der Waals surface area contributed by atoms with E-state index in [2.05, 4.69) is 36.2 Å². The number of hydrogen-bond acceptors (Lipinski definition) is 4. The summed E-state index contributed by atoms with van der Waals surface area (Å²) < 4.78 is 7.39. The molecule has 0 saturated heterocycles. The molecule has 0 aliphatic carbocycles. The second-order valence-corrected chi connectivity index (χ2v) is 4.81. The molecule has 0 spiro atoms. The van der Waals surface area contributed by atoms with Crippen molar-refractivity contribution in [3.8, 4) is 0 Å². The van der Waals surface area contributed by atoms with Crippen molar-refractivity contribution in [2.24, 2.45) is 7.05 Å². The van der Waals surface area contributed by atoms with Crippen LogP contribution in [0.3, 0.4) is 0 Å². The Morgan fingerprint density at radius 2 is 2.11 bits per heavy atom. The fourth-order valence-electron chi connectivity index (χ4n) is 2.22. The standard InChI is InChI=1S/C14H28N4O/c1-6-8-15-11-13-12(3)16-18(5)14(13)17(4)9-10-19-7-2/h15H,6-11H2,1-5H3. The van der Waals surface area contributed by atoms with Crippen LogP contribution in [-0.2, 0) is 18.3 Å². The number of nitrogens with one attached hydrogen (secondary N) is 1. The third kappa shape index (κ3) is 4.51. The van der Waals surface area contributed by atoms with Crippen molar-refractivity contribution in [3.05, 3.63) is 11.3 Å². The molecule has 19 heavy (non-hydrogen) atoms. The Kier molecular flexibility index (Phi) is 6.87. The summed E-state index contributed by atoms with van der Waals surface area (Å²) in [4.78, 5) is 2.22. The Morgan fingerprint density at radius 3 is 2.74 bits per heavy atom. The minimum absolute atomic E-state index is 0.749. The van der Waals surface area contributed by atoms with Gasteiger partial charge in [0.15, 0.2) is 0 Å². The number of ether oxygens (including phenoxy) is 1. The summed E-state index contributed by atoms with van der Waals surface area (Å²) in [5.41, 5.74) is 2.39. The molecule has 0 fully saturated rings. The number of rotatable bonds is 9. The molecular weight excluding hydrogens is 240 g/mol. The van der Waals surface area contributed by atoms with E-state index in [-0.39, 0.29) is 0 Å². The number of nitrogens with zero attached hydrogens (tertiary/aromatic N) is 3. The van der Waals surface area contributed by atoms with E-state index in [0.29, 0.717) is 0 Å². The van der Waals surface area contributed by atoms with E-state index < -0.39 is 0 Å². The normalized spacial score (nSPS) is 11.0. The van der Waals surface area contributed by atoms with Crippen LogP contribution < -0.4 is 10.2 Å². The molecule has 5 heteroatoms. The monoisotopic (exact) mass is 268 g/mol. The van der Waals surface area contributed by atoms with Gasteiger partial charge in [-0.3, -0.25) is 4.68 Å². The van der Waals surface area contributed by atoms with Crippen molar-refractivity contribution in [2.45, 2.75) is 33.7 Å². The average Bonchev–Trinajstić information content (AvgIpc) is 2.65. The summed E-state index contributed by atoms with van der Waals surface area (Å²) in [7, 11) is 4.10. The molecule has 0 saturated carbocycles. The molecular formula is C14H28N4O. The number of anilines is 1. The molecule has 1 aromatic rings. The lowest BCUT2D eigenvalue weighted by molar-refractivity contribution is 0.154. The summed E-state index contributed by atoms with van der Waals surface area (Å²) in [6.07, 6.45) is 1.15. The molecule has 1 heterocycles. The van der Waals surface area contributed by atoms with E-state index in [1.54, 1.807) is 0 Å². The Bertz CT molecular complexity index is 376. The Labute approximate surface area is 116 Å². The first-order valence-electron chi connectivity index (χ1n) is 7.13. The molecule has 110 valence electrons. The second kappa shape index (κ2) is 8.17. The summed E-state index contributed by atoms with van der Waals surface area (Å²) in [5, 5.41) is 7.99. The maximum atomic E-state index is 5.42. The van der Waals surface area contributed by atoms with Crippen LogP contribution in [0, 0.1) is 6.92 Å². The highest BCUT2D eigenvalue weighted by molar-refractivity contribution is 5.49. The number of hydrogen-bond donors (Lipinski definition) is 1. The SMILES string of the molecule is CCCNCc1c(C)nn(C)c1N(C)CCOCC. The van der Waals surface area contributed by atoms with E-state index in [0.717, 1.165) is 45.0 Å². The molecule has 0 aromatic carbocycles. The highest BCUT2D eigenvalue weighted by atomic mass is 16.5. The van der Waals surface area contributed by atoms with Gasteiger partial charge in [0, 0.05) is 39.4 Å². The van der Waals surface area contributed by atoms with Crippen LogP contribution in [0.5, 0.6) is 0 Å². The lowest BCUT2D eigenvalue weighted by atomic mass is 10.2. The Hall–Kier alpha value is -1.07. The largest absolute Gasteiger partial charge is 0.380 e. The first-order chi connectivity index (χ1) is 9.11. The fourth-order valence-corrected chi connectivity index (χ4v) is 2.22. The third-order valence-corrected chi connectivity index (χ3v) is 3.18. The number of likely N-dealkylation sites (N-methyl/N-ethyl adjacent to an activating group) is 1. The number of aromatic nitrogens is 2. The van der Waals surface area contributed by atoms with Crippen molar-refractivity contribution in [1.29, 1.82) is 0 Å². The van der Waals surface area contributed by atoms with Crippen molar-refractivity contribution < 1.29 is 4.74 Å². The Balaban J connectivity index is 2.73. The lowest BCUT2D eigenvalue weighted by Gasteiger charge is -2.21. The highest BCUT2D eigenvalue weighted by Gasteiger charge is 2.16. The first-order valence-corrected chi connectivity index (χ1v) is 7.13. The summed E-state index contributed by atoms with van der Waals surface area (Å²) in [5.74, 6) is 1.18. The molecule has 0 aliphatic rings. The quantitative estimate of drug-likeness (QED) is 0.692. The van der Waals surface area contributed by atoms with Crippen LogP contribution in [0.25, 0.3) is 0 Å². The molecule has 0 atom stereocenters. The summed E-state index contributed by atoms with van der Waals surface area (Å²) in [6.45, 7) is 10.6. The van der Waals surface area contributed by atoms with Crippen molar-refractivity contribution in [2.75, 3.05) is 38.3 Å². The molecule has 0 radical (unpaired) electrons. The summed E-state index contributed by atoms with van der Waals surface area (Å²) in [6, 6.07) is 0. The van der Waals surface area contributed by atoms with Gasteiger partial charge >= 0.3 is 0 Å². The zero-order valence-corrected chi connectivity index (χ0v) is 13.0. The van der Waals surface area contributed by atoms with Gasteiger partial charge in [-0.1, -0.05) is 6.92 Å². The topological polar surface area (TPSA) is 42.3 Å². The van der Waals surface area contributed by atoms with Crippen LogP contribution in [-0.4, -0.2) is 43.1 Å². The molecule has 1 aromatic heterocycles. The first kappa shape index (κ1) is 16.0. The van der Waals surface area contributed by atoms with Crippen molar-refractivity contribution in [3.63, 3.8) is 0 Å². The zero-order valence-electron chi connectivity index (χ0n) is 13.0. The third-order valence-electron chi connectivity index (χ3n) is 3.18. The van der Waals surface area contributed by atoms with Gasteiger partial charge in [0.25, 0.3) is 0 Å². The van der Waals surface area contributed by atoms with Gasteiger partial charge in [-0.25, -0.2) is 0 Å². The fraction of sp³-hybridized carbons (Fsp3) is 0.786. The molecule has 1 N–H and O–H groups in total. The molecule has 0 bridgehead atoms. The molecule has 0 amide bonds. The highest BCUT2D eigenvalue weighted by Crippen LogP contribution is 2.21. The molecule has 5 nitrogen and oxygen atoms in total. The van der Waals surface area contributed by atoms with Gasteiger partial charge in [-0.2, -0.15) is 5.10 Å². The minimum Gasteiger partial charge on any atom is -0.380 e. The zero-order chi connectivity index (χ0) is 14.3. The molecule has 1 rings (SSSR count).